The van der Waals surface area contributed by atoms with Crippen molar-refractivity contribution in [3.8, 4) is 0 Å². The fourth-order valence-electron chi connectivity index (χ4n) is 8.63. The SMILES string of the molecule is CCCCC/C=C\CCCCCCCC(=O)OCCCCCC/C=C\CCCCCCCCCC(=O)NC(CO)C(O)CCCCCCCCCCCCCCCCCCCCC. The molecule has 0 aliphatic rings. The summed E-state index contributed by atoms with van der Waals surface area (Å²) < 4.78 is 5.44. The van der Waals surface area contributed by atoms with Gasteiger partial charge in [0.05, 0.1) is 25.4 Å². The van der Waals surface area contributed by atoms with E-state index < -0.39 is 12.1 Å². The van der Waals surface area contributed by atoms with E-state index in [1.54, 1.807) is 0 Å². The number of hydrogen-bond acceptors (Lipinski definition) is 5. The zero-order valence-corrected chi connectivity index (χ0v) is 42.3. The van der Waals surface area contributed by atoms with E-state index in [1.807, 2.05) is 0 Å². The first-order chi connectivity index (χ1) is 31.0. The van der Waals surface area contributed by atoms with Crippen LogP contribution in [0.5, 0.6) is 0 Å². The molecule has 0 saturated carbocycles. The minimum atomic E-state index is -0.675. The zero-order chi connectivity index (χ0) is 45.8. The Morgan fingerprint density at radius 1 is 0.429 bits per heavy atom. The van der Waals surface area contributed by atoms with Gasteiger partial charge in [0.25, 0.3) is 0 Å². The summed E-state index contributed by atoms with van der Waals surface area (Å²) in [5.74, 6) is -0.0683. The van der Waals surface area contributed by atoms with Crippen LogP contribution in [-0.4, -0.2) is 47.4 Å². The summed E-state index contributed by atoms with van der Waals surface area (Å²) in [7, 11) is 0. The van der Waals surface area contributed by atoms with Crippen molar-refractivity contribution in [2.75, 3.05) is 13.2 Å². The van der Waals surface area contributed by atoms with Crippen molar-refractivity contribution in [1.29, 1.82) is 0 Å². The number of amides is 1. The van der Waals surface area contributed by atoms with Crippen LogP contribution in [-0.2, 0) is 14.3 Å². The van der Waals surface area contributed by atoms with Gasteiger partial charge < -0.3 is 20.3 Å². The van der Waals surface area contributed by atoms with Crippen molar-refractivity contribution in [2.24, 2.45) is 0 Å². The van der Waals surface area contributed by atoms with E-state index in [0.717, 1.165) is 70.6 Å². The molecule has 0 fully saturated rings. The molecule has 0 heterocycles. The van der Waals surface area contributed by atoms with Crippen LogP contribution in [0.2, 0.25) is 0 Å². The molecule has 6 nitrogen and oxygen atoms in total. The summed E-state index contributed by atoms with van der Waals surface area (Å²) in [4.78, 5) is 24.5. The molecule has 372 valence electrons. The number of carbonyl (C=O) groups excluding carboxylic acids is 2. The highest BCUT2D eigenvalue weighted by atomic mass is 16.5. The van der Waals surface area contributed by atoms with Gasteiger partial charge in [-0.05, 0) is 77.0 Å². The second-order valence-electron chi connectivity index (χ2n) is 19.3. The van der Waals surface area contributed by atoms with Crippen molar-refractivity contribution in [3.05, 3.63) is 24.3 Å². The summed E-state index contributed by atoms with van der Waals surface area (Å²) in [6.07, 6.45) is 63.0. The average molecular weight is 889 g/mol. The van der Waals surface area contributed by atoms with Crippen molar-refractivity contribution in [1.82, 2.24) is 5.32 Å². The van der Waals surface area contributed by atoms with E-state index in [0.29, 0.717) is 25.9 Å². The molecule has 2 atom stereocenters. The van der Waals surface area contributed by atoms with Crippen LogP contribution < -0.4 is 5.32 Å². The Labute approximate surface area is 392 Å². The molecule has 0 aliphatic heterocycles. The molecule has 0 radical (unpaired) electrons. The summed E-state index contributed by atoms with van der Waals surface area (Å²) in [5, 5.41) is 23.3. The Kier molecular flexibility index (Phi) is 51.6. The van der Waals surface area contributed by atoms with Gasteiger partial charge in [0.15, 0.2) is 0 Å². The number of esters is 1. The van der Waals surface area contributed by atoms with Gasteiger partial charge in [0.1, 0.15) is 0 Å². The minimum absolute atomic E-state index is 0.0199. The largest absolute Gasteiger partial charge is 0.466 e. The summed E-state index contributed by atoms with van der Waals surface area (Å²) in [6, 6.07) is -0.553. The highest BCUT2D eigenvalue weighted by Crippen LogP contribution is 2.17. The molecule has 1 amide bonds. The molecule has 0 aromatic carbocycles. The molecule has 0 aromatic rings. The Hall–Kier alpha value is -1.66. The van der Waals surface area contributed by atoms with Gasteiger partial charge in [0, 0.05) is 12.8 Å². The van der Waals surface area contributed by atoms with Crippen LogP contribution in [0.25, 0.3) is 0 Å². The molecule has 0 spiro atoms. The number of nitrogens with one attached hydrogen (secondary N) is 1. The lowest BCUT2D eigenvalue weighted by atomic mass is 10.0. The lowest BCUT2D eigenvalue weighted by Crippen LogP contribution is -2.45. The second kappa shape index (κ2) is 53.0. The van der Waals surface area contributed by atoms with Crippen LogP contribution in [0.15, 0.2) is 24.3 Å². The van der Waals surface area contributed by atoms with Gasteiger partial charge in [-0.15, -0.1) is 0 Å². The molecule has 0 rings (SSSR count). The highest BCUT2D eigenvalue weighted by Gasteiger charge is 2.20. The summed E-state index contributed by atoms with van der Waals surface area (Å²) in [6.45, 7) is 4.90. The number of hydrogen-bond donors (Lipinski definition) is 3. The second-order valence-corrected chi connectivity index (χ2v) is 19.3. The summed E-state index contributed by atoms with van der Waals surface area (Å²) >= 11 is 0. The van der Waals surface area contributed by atoms with Crippen LogP contribution in [0.1, 0.15) is 303 Å². The number of ether oxygens (including phenoxy) is 1. The molecule has 0 aromatic heterocycles. The van der Waals surface area contributed by atoms with Crippen molar-refractivity contribution in [2.45, 2.75) is 315 Å². The maximum absolute atomic E-state index is 12.5. The van der Waals surface area contributed by atoms with E-state index in [2.05, 4.69) is 43.5 Å². The molecule has 6 heteroatoms. The Morgan fingerprint density at radius 3 is 1.16 bits per heavy atom. The maximum Gasteiger partial charge on any atom is 0.305 e. The molecular weight excluding hydrogens is 779 g/mol. The molecule has 0 aliphatic carbocycles. The number of aliphatic hydroxyl groups excluding tert-OH is 2. The lowest BCUT2D eigenvalue weighted by molar-refractivity contribution is -0.143. The van der Waals surface area contributed by atoms with E-state index in [1.165, 1.54) is 199 Å². The van der Waals surface area contributed by atoms with Crippen LogP contribution in [0.3, 0.4) is 0 Å². The van der Waals surface area contributed by atoms with Gasteiger partial charge >= 0.3 is 5.97 Å². The number of rotatable bonds is 52. The zero-order valence-electron chi connectivity index (χ0n) is 42.3. The third-order valence-electron chi connectivity index (χ3n) is 13.0. The monoisotopic (exact) mass is 888 g/mol. The molecule has 0 saturated heterocycles. The Balaban J connectivity index is 3.48. The first kappa shape index (κ1) is 61.3. The number of carbonyl (C=O) groups is 2. The maximum atomic E-state index is 12.5. The van der Waals surface area contributed by atoms with Crippen LogP contribution in [0.4, 0.5) is 0 Å². The normalized spacial score (nSPS) is 12.8. The molecule has 2 unspecified atom stereocenters. The van der Waals surface area contributed by atoms with E-state index >= 15 is 0 Å². The third kappa shape index (κ3) is 49.6. The van der Waals surface area contributed by atoms with Gasteiger partial charge in [-0.1, -0.05) is 237 Å². The Morgan fingerprint density at radius 2 is 0.746 bits per heavy atom. The number of aliphatic hydroxyl groups is 2. The minimum Gasteiger partial charge on any atom is -0.466 e. The topological polar surface area (TPSA) is 95.9 Å². The van der Waals surface area contributed by atoms with Gasteiger partial charge in [-0.3, -0.25) is 9.59 Å². The smallest absolute Gasteiger partial charge is 0.305 e. The molecule has 0 bridgehead atoms. The first-order valence-electron chi connectivity index (χ1n) is 28.1. The fraction of sp³-hybridized carbons (Fsp3) is 0.895. The number of allylic oxidation sites excluding steroid dienone is 4. The summed E-state index contributed by atoms with van der Waals surface area (Å²) in [5.41, 5.74) is 0. The average Bonchev–Trinajstić information content (AvgIpc) is 3.28. The van der Waals surface area contributed by atoms with Crippen LogP contribution in [0, 0.1) is 0 Å². The predicted octanol–water partition coefficient (Wildman–Crippen LogP) is 17.1. The van der Waals surface area contributed by atoms with Crippen molar-refractivity contribution in [3.63, 3.8) is 0 Å². The predicted molar refractivity (Wildman–Crippen MR) is 273 cm³/mol. The van der Waals surface area contributed by atoms with Gasteiger partial charge in [0.2, 0.25) is 5.91 Å². The first-order valence-corrected chi connectivity index (χ1v) is 28.1. The quantitative estimate of drug-likeness (QED) is 0.0321. The van der Waals surface area contributed by atoms with E-state index in [4.69, 9.17) is 4.74 Å². The fourth-order valence-corrected chi connectivity index (χ4v) is 8.63. The molecule has 63 heavy (non-hydrogen) atoms. The lowest BCUT2D eigenvalue weighted by Gasteiger charge is -2.22. The van der Waals surface area contributed by atoms with Crippen molar-refractivity contribution >= 4 is 11.9 Å². The van der Waals surface area contributed by atoms with E-state index in [-0.39, 0.29) is 18.5 Å². The van der Waals surface area contributed by atoms with Gasteiger partial charge in [-0.25, -0.2) is 0 Å². The highest BCUT2D eigenvalue weighted by molar-refractivity contribution is 5.76. The van der Waals surface area contributed by atoms with Crippen molar-refractivity contribution < 1.29 is 24.5 Å². The Bertz CT molecular complexity index is 982. The van der Waals surface area contributed by atoms with Crippen LogP contribution >= 0.6 is 0 Å². The third-order valence-corrected chi connectivity index (χ3v) is 13.0. The standard InChI is InChI=1S/C57H109NO5/c1-3-5-7-9-11-13-15-17-18-19-20-21-23-26-29-33-37-41-45-49-55(60)54(53-59)58-56(61)50-46-42-38-34-30-27-24-22-25-28-32-36-40-44-48-52-63-57(62)51-47-43-39-35-31-16-14-12-10-8-6-4-2/h12,14,25,28,54-55,59-60H,3-11,13,15-24,26-27,29-53H2,1-2H3,(H,58,61)/b14-12-,28-25-. The molecule has 3 N–H and O–H groups in total. The molecular formula is C57H109NO5. The number of unbranched alkanes of at least 4 members (excludes halogenated alkanes) is 37. The van der Waals surface area contributed by atoms with E-state index in [9.17, 15) is 19.8 Å². The van der Waals surface area contributed by atoms with Gasteiger partial charge in [-0.2, -0.15) is 0 Å².